The van der Waals surface area contributed by atoms with Crippen LogP contribution in [0.5, 0.6) is 5.75 Å². The van der Waals surface area contributed by atoms with Gasteiger partial charge in [-0.1, -0.05) is 41.2 Å². The molecule has 2 heterocycles. The van der Waals surface area contributed by atoms with Gasteiger partial charge in [0.05, 0.1) is 30.9 Å². The number of benzene rings is 2. The molecule has 0 spiro atoms. The van der Waals surface area contributed by atoms with Crippen molar-refractivity contribution in [3.05, 3.63) is 52.6 Å². The van der Waals surface area contributed by atoms with Gasteiger partial charge in [-0.05, 0) is 56.4 Å². The van der Waals surface area contributed by atoms with Crippen LogP contribution in [0.1, 0.15) is 35.1 Å². The van der Waals surface area contributed by atoms with E-state index in [2.05, 4.69) is 39.0 Å². The molecule has 1 amide bonds. The summed E-state index contributed by atoms with van der Waals surface area (Å²) in [5.74, 6) is 0.784. The highest BCUT2D eigenvalue weighted by molar-refractivity contribution is 7.22. The molecule has 1 unspecified atom stereocenters. The Balaban J connectivity index is 1.70. The molecule has 1 atom stereocenters. The predicted molar refractivity (Wildman–Crippen MR) is 122 cm³/mol. The summed E-state index contributed by atoms with van der Waals surface area (Å²) < 4.78 is 12.4. The summed E-state index contributed by atoms with van der Waals surface area (Å²) in [5, 5.41) is 0.711. The number of methoxy groups -OCH3 is 1. The smallest absolute Gasteiger partial charge is 0.233 e. The molecular weight excluding hydrogens is 396 g/mol. The second kappa shape index (κ2) is 8.74. The van der Waals surface area contributed by atoms with Crippen molar-refractivity contribution in [3.63, 3.8) is 0 Å². The van der Waals surface area contributed by atoms with E-state index in [-0.39, 0.29) is 12.0 Å². The molecule has 2 aromatic carbocycles. The number of thiazole rings is 1. The van der Waals surface area contributed by atoms with Crippen LogP contribution in [0.3, 0.4) is 0 Å². The fourth-order valence-corrected chi connectivity index (χ4v) is 4.98. The topological polar surface area (TPSA) is 51.7 Å². The van der Waals surface area contributed by atoms with Gasteiger partial charge in [0.25, 0.3) is 0 Å². The zero-order valence-corrected chi connectivity index (χ0v) is 18.8. The lowest BCUT2D eigenvalue weighted by Gasteiger charge is -2.23. The first kappa shape index (κ1) is 20.8. The van der Waals surface area contributed by atoms with E-state index in [1.807, 2.05) is 17.0 Å². The molecule has 158 valence electrons. The zero-order valence-electron chi connectivity index (χ0n) is 18.0. The number of carbonyl (C=O) groups is 1. The fraction of sp³-hybridized carbons (Fsp3) is 0.417. The molecule has 30 heavy (non-hydrogen) atoms. The van der Waals surface area contributed by atoms with Crippen molar-refractivity contribution in [1.82, 2.24) is 4.98 Å². The molecule has 5 nitrogen and oxygen atoms in total. The van der Waals surface area contributed by atoms with E-state index >= 15 is 0 Å². The van der Waals surface area contributed by atoms with Gasteiger partial charge in [-0.15, -0.1) is 0 Å². The molecule has 1 aliphatic rings. The molecule has 0 radical (unpaired) electrons. The van der Waals surface area contributed by atoms with E-state index in [0.717, 1.165) is 57.7 Å². The number of carbonyl (C=O) groups excluding carboxylic acids is 1. The summed E-state index contributed by atoms with van der Waals surface area (Å²) in [7, 11) is 1.65. The molecule has 1 saturated heterocycles. The van der Waals surface area contributed by atoms with Crippen molar-refractivity contribution in [2.75, 3.05) is 25.2 Å². The van der Waals surface area contributed by atoms with Crippen molar-refractivity contribution in [3.8, 4) is 5.75 Å². The maximum atomic E-state index is 13.5. The highest BCUT2D eigenvalue weighted by Crippen LogP contribution is 2.37. The first-order valence-electron chi connectivity index (χ1n) is 10.4. The molecule has 0 aliphatic carbocycles. The summed E-state index contributed by atoms with van der Waals surface area (Å²) in [5.41, 5.74) is 5.30. The Hall–Kier alpha value is -2.44. The van der Waals surface area contributed by atoms with E-state index < -0.39 is 0 Å². The predicted octanol–water partition coefficient (Wildman–Crippen LogP) is 4.98. The molecule has 0 saturated carbocycles. The summed E-state index contributed by atoms with van der Waals surface area (Å²) in [6, 6.07) is 10.2. The third kappa shape index (κ3) is 4.20. The molecule has 0 bridgehead atoms. The maximum absolute atomic E-state index is 13.5. The van der Waals surface area contributed by atoms with Gasteiger partial charge >= 0.3 is 0 Å². The van der Waals surface area contributed by atoms with Crippen molar-refractivity contribution in [1.29, 1.82) is 0 Å². The van der Waals surface area contributed by atoms with Crippen LogP contribution in [0.15, 0.2) is 30.3 Å². The lowest BCUT2D eigenvalue weighted by molar-refractivity contribution is -0.118. The van der Waals surface area contributed by atoms with Crippen LogP contribution in [-0.2, 0) is 16.0 Å². The minimum absolute atomic E-state index is 0.0508. The van der Waals surface area contributed by atoms with Crippen molar-refractivity contribution < 1.29 is 14.3 Å². The number of aryl methyl sites for hydroxylation is 3. The standard InChI is InChI=1S/C24H28N2O3S/c1-15-7-8-16(2)18(12-15)13-21(27)26(14-19-6-5-11-29-19)24-25-22-20(28-4)10-9-17(3)23(22)30-24/h7-10,12,19H,5-6,11,13-14H2,1-4H3. The van der Waals surface area contributed by atoms with Crippen molar-refractivity contribution in [2.45, 2.75) is 46.1 Å². The number of hydrogen-bond donors (Lipinski definition) is 0. The Morgan fingerprint density at radius 2 is 2.03 bits per heavy atom. The molecular formula is C24H28N2O3S. The lowest BCUT2D eigenvalue weighted by atomic mass is 10.0. The fourth-order valence-electron chi connectivity index (χ4n) is 3.91. The van der Waals surface area contributed by atoms with E-state index in [9.17, 15) is 4.79 Å². The van der Waals surface area contributed by atoms with Crippen molar-refractivity contribution in [2.24, 2.45) is 0 Å². The molecule has 4 rings (SSSR count). The van der Waals surface area contributed by atoms with E-state index in [1.165, 1.54) is 0 Å². The summed E-state index contributed by atoms with van der Waals surface area (Å²) in [6.45, 7) is 7.46. The van der Waals surface area contributed by atoms with Crippen LogP contribution in [0.25, 0.3) is 10.2 Å². The lowest BCUT2D eigenvalue weighted by Crippen LogP contribution is -2.38. The number of anilines is 1. The van der Waals surface area contributed by atoms with Crippen LogP contribution in [0, 0.1) is 20.8 Å². The summed E-state index contributed by atoms with van der Waals surface area (Å²) in [6.07, 6.45) is 2.42. The zero-order chi connectivity index (χ0) is 21.3. The maximum Gasteiger partial charge on any atom is 0.233 e. The van der Waals surface area contributed by atoms with Gasteiger partial charge in [0.2, 0.25) is 5.91 Å². The van der Waals surface area contributed by atoms with Gasteiger partial charge in [-0.3, -0.25) is 9.69 Å². The van der Waals surface area contributed by atoms with Crippen LogP contribution in [0.2, 0.25) is 0 Å². The van der Waals surface area contributed by atoms with Crippen LogP contribution < -0.4 is 9.64 Å². The second-order valence-electron chi connectivity index (χ2n) is 8.00. The molecule has 3 aromatic rings. The van der Waals surface area contributed by atoms with Crippen LogP contribution in [-0.4, -0.2) is 37.3 Å². The van der Waals surface area contributed by atoms with Crippen LogP contribution in [0.4, 0.5) is 5.13 Å². The SMILES string of the molecule is COc1ccc(C)c2sc(N(CC3CCCO3)C(=O)Cc3cc(C)ccc3C)nc12. The van der Waals surface area contributed by atoms with E-state index in [0.29, 0.717) is 18.1 Å². The summed E-state index contributed by atoms with van der Waals surface area (Å²) in [4.78, 5) is 20.1. The largest absolute Gasteiger partial charge is 0.494 e. The third-order valence-corrected chi connectivity index (χ3v) is 6.91. The Kier molecular flexibility index (Phi) is 6.06. The van der Waals surface area contributed by atoms with Gasteiger partial charge < -0.3 is 9.47 Å². The molecule has 6 heteroatoms. The molecule has 1 aliphatic heterocycles. The number of fused-ring (bicyclic) bond motifs is 1. The van der Waals surface area contributed by atoms with Gasteiger partial charge in [-0.2, -0.15) is 0 Å². The Morgan fingerprint density at radius 1 is 1.23 bits per heavy atom. The number of ether oxygens (including phenoxy) is 2. The number of nitrogens with zero attached hydrogens (tertiary/aromatic N) is 2. The average Bonchev–Trinajstić information content (AvgIpc) is 3.39. The Morgan fingerprint density at radius 3 is 2.77 bits per heavy atom. The second-order valence-corrected chi connectivity index (χ2v) is 8.98. The Bertz CT molecular complexity index is 1070. The number of amides is 1. The number of rotatable bonds is 6. The van der Waals surface area contributed by atoms with E-state index in [1.54, 1.807) is 18.4 Å². The highest BCUT2D eigenvalue weighted by atomic mass is 32.1. The first-order chi connectivity index (χ1) is 14.5. The van der Waals surface area contributed by atoms with Gasteiger partial charge in [0.15, 0.2) is 5.13 Å². The third-order valence-electron chi connectivity index (χ3n) is 5.70. The Labute approximate surface area is 181 Å². The number of aromatic nitrogens is 1. The molecule has 0 N–H and O–H groups in total. The van der Waals surface area contributed by atoms with Gasteiger partial charge in [-0.25, -0.2) is 4.98 Å². The highest BCUT2D eigenvalue weighted by Gasteiger charge is 2.27. The van der Waals surface area contributed by atoms with Crippen molar-refractivity contribution >= 4 is 32.6 Å². The molecule has 1 fully saturated rings. The average molecular weight is 425 g/mol. The minimum atomic E-state index is 0.0508. The monoisotopic (exact) mass is 424 g/mol. The quantitative estimate of drug-likeness (QED) is 0.560. The van der Waals surface area contributed by atoms with Crippen LogP contribution >= 0.6 is 11.3 Å². The first-order valence-corrected chi connectivity index (χ1v) is 11.2. The number of hydrogen-bond acceptors (Lipinski definition) is 5. The minimum Gasteiger partial charge on any atom is -0.494 e. The van der Waals surface area contributed by atoms with Gasteiger partial charge in [0, 0.05) is 6.61 Å². The van der Waals surface area contributed by atoms with E-state index in [4.69, 9.17) is 14.5 Å². The summed E-state index contributed by atoms with van der Waals surface area (Å²) >= 11 is 1.55. The normalized spacial score (nSPS) is 16.2. The van der Waals surface area contributed by atoms with Gasteiger partial charge in [0.1, 0.15) is 11.3 Å². The molecule has 1 aromatic heterocycles.